The Balaban J connectivity index is 3.15. The fourth-order valence-corrected chi connectivity index (χ4v) is 1.74. The van der Waals surface area contributed by atoms with E-state index in [0.29, 0.717) is 6.54 Å². The van der Waals surface area contributed by atoms with Gasteiger partial charge in [-0.2, -0.15) is 0 Å². The van der Waals surface area contributed by atoms with Crippen LogP contribution in [0.15, 0.2) is 12.1 Å². The number of aliphatic hydroxyl groups is 1. The topological polar surface area (TPSA) is 40.5 Å². The molecule has 0 aliphatic carbocycles. The van der Waals surface area contributed by atoms with Crippen molar-refractivity contribution in [1.82, 2.24) is 0 Å². The maximum absolute atomic E-state index is 11.5. The molecule has 1 aromatic rings. The first kappa shape index (κ1) is 12.8. The summed E-state index contributed by atoms with van der Waals surface area (Å²) in [5, 5.41) is 8.95. The number of benzene rings is 1. The molecule has 0 atom stereocenters. The van der Waals surface area contributed by atoms with Gasteiger partial charge in [0.05, 0.1) is 6.61 Å². The number of hydrogen-bond acceptors (Lipinski definition) is 2. The second-order valence-corrected chi connectivity index (χ2v) is 4.10. The maximum atomic E-state index is 11.5. The highest BCUT2D eigenvalue weighted by atomic mass is 16.3. The molecule has 0 radical (unpaired) electrons. The lowest BCUT2D eigenvalue weighted by atomic mass is 9.86. The zero-order chi connectivity index (χ0) is 12.3. The van der Waals surface area contributed by atoms with E-state index in [1.807, 2.05) is 26.0 Å². The van der Waals surface area contributed by atoms with Gasteiger partial charge < -0.3 is 10.0 Å². The van der Waals surface area contributed by atoms with Gasteiger partial charge in [-0.3, -0.25) is 4.79 Å². The fourth-order valence-electron chi connectivity index (χ4n) is 1.74. The minimum atomic E-state index is -0.0447. The molecule has 0 bridgehead atoms. The number of carbonyl (C=O) groups excluding carboxylic acids is 1. The van der Waals surface area contributed by atoms with Crippen molar-refractivity contribution in [2.24, 2.45) is 0 Å². The molecular weight excluding hydrogens is 201 g/mol. The van der Waals surface area contributed by atoms with Crippen molar-refractivity contribution in [3.63, 3.8) is 0 Å². The van der Waals surface area contributed by atoms with Crippen LogP contribution < -0.4 is 10.4 Å². The zero-order valence-electron chi connectivity index (χ0n) is 10.4. The molecule has 0 spiro atoms. The van der Waals surface area contributed by atoms with E-state index in [-0.39, 0.29) is 12.5 Å². The van der Waals surface area contributed by atoms with Gasteiger partial charge in [-0.1, -0.05) is 16.6 Å². The lowest BCUT2D eigenvalue weighted by molar-refractivity contribution is -0.116. The quantitative estimate of drug-likeness (QED) is 0.721. The smallest absolute Gasteiger partial charge is 0.223 e. The van der Waals surface area contributed by atoms with E-state index in [1.54, 1.807) is 4.90 Å². The maximum Gasteiger partial charge on any atom is 0.223 e. The standard InChI is InChI=1S/C12H18BNO2/c1-8-6-11(7-9(2)12(8)13)14(4-5-15)10(3)16/h6-7,15H,4-5,13H2,1-3H3. The van der Waals surface area contributed by atoms with Crippen LogP contribution in [0.25, 0.3) is 0 Å². The third kappa shape index (κ3) is 2.64. The summed E-state index contributed by atoms with van der Waals surface area (Å²) in [5.74, 6) is -0.0447. The van der Waals surface area contributed by atoms with Gasteiger partial charge in [-0.25, -0.2) is 0 Å². The molecule has 0 unspecified atom stereocenters. The van der Waals surface area contributed by atoms with Gasteiger partial charge in [0.25, 0.3) is 0 Å². The lowest BCUT2D eigenvalue weighted by Crippen LogP contribution is -2.32. The molecule has 4 heteroatoms. The molecule has 0 aliphatic rings. The number of hydrogen-bond donors (Lipinski definition) is 1. The predicted molar refractivity (Wildman–Crippen MR) is 69.2 cm³/mol. The van der Waals surface area contributed by atoms with Crippen molar-refractivity contribution in [3.05, 3.63) is 23.3 Å². The Morgan fingerprint density at radius 1 is 1.38 bits per heavy atom. The van der Waals surface area contributed by atoms with Crippen LogP contribution >= 0.6 is 0 Å². The van der Waals surface area contributed by atoms with Crippen molar-refractivity contribution in [2.45, 2.75) is 20.8 Å². The van der Waals surface area contributed by atoms with Gasteiger partial charge in [0.2, 0.25) is 5.91 Å². The van der Waals surface area contributed by atoms with Crippen LogP contribution in [-0.4, -0.2) is 32.0 Å². The van der Waals surface area contributed by atoms with Crippen LogP contribution in [0.2, 0.25) is 0 Å². The lowest BCUT2D eigenvalue weighted by Gasteiger charge is -2.22. The molecule has 1 amide bonds. The van der Waals surface area contributed by atoms with Gasteiger partial charge in [-0.15, -0.1) is 0 Å². The summed E-state index contributed by atoms with van der Waals surface area (Å²) in [6.45, 7) is 5.90. The Morgan fingerprint density at radius 2 is 1.88 bits per heavy atom. The summed E-state index contributed by atoms with van der Waals surface area (Å²) in [5.41, 5.74) is 4.44. The van der Waals surface area contributed by atoms with Crippen LogP contribution in [0.4, 0.5) is 5.69 Å². The van der Waals surface area contributed by atoms with Gasteiger partial charge in [-0.05, 0) is 26.0 Å². The predicted octanol–water partition coefficient (Wildman–Crippen LogP) is -0.0930. The van der Waals surface area contributed by atoms with Crippen molar-refractivity contribution in [3.8, 4) is 0 Å². The molecule has 3 nitrogen and oxygen atoms in total. The molecule has 16 heavy (non-hydrogen) atoms. The van der Waals surface area contributed by atoms with Crippen LogP contribution in [0, 0.1) is 13.8 Å². The van der Waals surface area contributed by atoms with E-state index in [9.17, 15) is 4.79 Å². The summed E-state index contributed by atoms with van der Waals surface area (Å²) in [4.78, 5) is 13.1. The fraction of sp³-hybridized carbons (Fsp3) is 0.417. The van der Waals surface area contributed by atoms with E-state index in [2.05, 4.69) is 7.85 Å². The van der Waals surface area contributed by atoms with Crippen LogP contribution in [0.5, 0.6) is 0 Å². The number of aliphatic hydroxyl groups excluding tert-OH is 1. The summed E-state index contributed by atoms with van der Waals surface area (Å²) in [7, 11) is 2.07. The first-order valence-corrected chi connectivity index (χ1v) is 5.44. The van der Waals surface area contributed by atoms with E-state index in [0.717, 1.165) is 5.69 Å². The molecule has 0 heterocycles. The number of carbonyl (C=O) groups is 1. The molecular formula is C12H18BNO2. The molecule has 0 saturated heterocycles. The van der Waals surface area contributed by atoms with Gasteiger partial charge in [0.1, 0.15) is 7.85 Å². The summed E-state index contributed by atoms with van der Waals surface area (Å²) in [6, 6.07) is 3.97. The Kier molecular flexibility index (Phi) is 4.13. The highest BCUT2D eigenvalue weighted by Crippen LogP contribution is 2.17. The third-order valence-electron chi connectivity index (χ3n) is 2.93. The molecule has 0 saturated carbocycles. The molecule has 0 aromatic heterocycles. The Bertz CT molecular complexity index is 381. The van der Waals surface area contributed by atoms with E-state index in [4.69, 9.17) is 5.11 Å². The SMILES string of the molecule is Bc1c(C)cc(N(CCO)C(C)=O)cc1C. The molecule has 0 aliphatic heterocycles. The normalized spacial score (nSPS) is 10.2. The first-order chi connectivity index (χ1) is 7.47. The summed E-state index contributed by atoms with van der Waals surface area (Å²) >= 11 is 0. The van der Waals surface area contributed by atoms with E-state index in [1.165, 1.54) is 23.5 Å². The van der Waals surface area contributed by atoms with Gasteiger partial charge in [0, 0.05) is 19.2 Å². The van der Waals surface area contributed by atoms with E-state index < -0.39 is 0 Å². The molecule has 1 rings (SSSR count). The number of anilines is 1. The number of rotatable bonds is 3. The van der Waals surface area contributed by atoms with Crippen molar-refractivity contribution < 1.29 is 9.90 Å². The highest BCUT2D eigenvalue weighted by molar-refractivity contribution is 6.34. The zero-order valence-corrected chi connectivity index (χ0v) is 10.4. The van der Waals surface area contributed by atoms with Crippen LogP contribution in [0.3, 0.4) is 0 Å². The number of aryl methyl sites for hydroxylation is 2. The Labute approximate surface area is 97.5 Å². The van der Waals surface area contributed by atoms with Crippen LogP contribution in [-0.2, 0) is 4.79 Å². The van der Waals surface area contributed by atoms with Crippen molar-refractivity contribution >= 4 is 24.9 Å². The molecule has 0 fully saturated rings. The Morgan fingerprint density at radius 3 is 2.25 bits per heavy atom. The Hall–Kier alpha value is -1.29. The van der Waals surface area contributed by atoms with Crippen molar-refractivity contribution in [2.75, 3.05) is 18.1 Å². The number of nitrogens with zero attached hydrogens (tertiary/aromatic N) is 1. The first-order valence-electron chi connectivity index (χ1n) is 5.44. The largest absolute Gasteiger partial charge is 0.395 e. The molecule has 86 valence electrons. The van der Waals surface area contributed by atoms with Crippen molar-refractivity contribution in [1.29, 1.82) is 0 Å². The number of amides is 1. The summed E-state index contributed by atoms with van der Waals surface area (Å²) < 4.78 is 0. The van der Waals surface area contributed by atoms with Crippen LogP contribution in [0.1, 0.15) is 18.1 Å². The van der Waals surface area contributed by atoms with Gasteiger partial charge >= 0.3 is 0 Å². The second-order valence-electron chi connectivity index (χ2n) is 4.10. The monoisotopic (exact) mass is 219 g/mol. The summed E-state index contributed by atoms with van der Waals surface area (Å²) in [6.07, 6.45) is 0. The molecule has 1 aromatic carbocycles. The minimum absolute atomic E-state index is 0.0223. The van der Waals surface area contributed by atoms with Gasteiger partial charge in [0.15, 0.2) is 0 Å². The molecule has 1 N–H and O–H groups in total. The minimum Gasteiger partial charge on any atom is -0.395 e. The highest BCUT2D eigenvalue weighted by Gasteiger charge is 2.12. The average Bonchev–Trinajstić information content (AvgIpc) is 2.21. The van der Waals surface area contributed by atoms with E-state index >= 15 is 0 Å². The average molecular weight is 219 g/mol. The second kappa shape index (κ2) is 5.17. The third-order valence-corrected chi connectivity index (χ3v) is 2.93.